The normalized spacial score (nSPS) is 29.5. The molecule has 1 amide bonds. The molecule has 0 saturated carbocycles. The number of nitrogens with one attached hydrogen (secondary N) is 1. The molecule has 0 spiro atoms. The molecule has 1 N–H and O–H groups in total. The lowest BCUT2D eigenvalue weighted by molar-refractivity contribution is -0.139. The standard InChI is InChI=1S/C14H26N2O2.ClH/c1-11(13-4-3-5-15-9-13)8-14(17)16-6-7-18-12(2)10-16;/h11-13,15H,3-10H2,1-2H3;1H. The molecule has 3 unspecified atom stereocenters. The van der Waals surface area contributed by atoms with Crippen LogP contribution in [0.1, 0.15) is 33.1 Å². The zero-order valence-electron chi connectivity index (χ0n) is 12.1. The molecule has 0 bridgehead atoms. The number of ether oxygens (including phenoxy) is 1. The third kappa shape index (κ3) is 4.93. The van der Waals surface area contributed by atoms with Gasteiger partial charge in [-0.25, -0.2) is 0 Å². The van der Waals surface area contributed by atoms with E-state index in [0.717, 1.165) is 26.2 Å². The number of carbonyl (C=O) groups is 1. The van der Waals surface area contributed by atoms with E-state index in [1.54, 1.807) is 0 Å². The predicted octanol–water partition coefficient (Wildman–Crippen LogP) is 1.68. The Morgan fingerprint density at radius 3 is 2.95 bits per heavy atom. The first-order chi connectivity index (χ1) is 8.66. The van der Waals surface area contributed by atoms with Crippen LogP contribution in [0.4, 0.5) is 0 Å². The van der Waals surface area contributed by atoms with Crippen molar-refractivity contribution in [3.05, 3.63) is 0 Å². The average Bonchev–Trinajstić information content (AvgIpc) is 2.39. The summed E-state index contributed by atoms with van der Waals surface area (Å²) in [7, 11) is 0. The molecule has 2 aliphatic heterocycles. The molecule has 2 aliphatic rings. The maximum Gasteiger partial charge on any atom is 0.223 e. The first-order valence-corrected chi connectivity index (χ1v) is 7.27. The number of amides is 1. The largest absolute Gasteiger partial charge is 0.375 e. The maximum absolute atomic E-state index is 12.2. The molecule has 19 heavy (non-hydrogen) atoms. The monoisotopic (exact) mass is 290 g/mol. The highest BCUT2D eigenvalue weighted by atomic mass is 35.5. The molecule has 3 atom stereocenters. The number of carbonyl (C=O) groups excluding carboxylic acids is 1. The molecule has 0 aromatic heterocycles. The van der Waals surface area contributed by atoms with Gasteiger partial charge in [-0.1, -0.05) is 6.92 Å². The fraction of sp³-hybridized carbons (Fsp3) is 0.929. The van der Waals surface area contributed by atoms with Crippen molar-refractivity contribution >= 4 is 18.3 Å². The molecular formula is C14H27ClN2O2. The van der Waals surface area contributed by atoms with E-state index in [2.05, 4.69) is 12.2 Å². The van der Waals surface area contributed by atoms with Gasteiger partial charge in [0, 0.05) is 19.5 Å². The smallest absolute Gasteiger partial charge is 0.223 e. The van der Waals surface area contributed by atoms with Crippen LogP contribution in [0.2, 0.25) is 0 Å². The summed E-state index contributed by atoms with van der Waals surface area (Å²) in [5.41, 5.74) is 0. The van der Waals surface area contributed by atoms with Gasteiger partial charge >= 0.3 is 0 Å². The van der Waals surface area contributed by atoms with Crippen LogP contribution < -0.4 is 5.32 Å². The summed E-state index contributed by atoms with van der Waals surface area (Å²) < 4.78 is 5.48. The van der Waals surface area contributed by atoms with Gasteiger partial charge in [0.15, 0.2) is 0 Å². The summed E-state index contributed by atoms with van der Waals surface area (Å²) in [6.07, 6.45) is 3.40. The highest BCUT2D eigenvalue weighted by Gasteiger charge is 2.26. The van der Waals surface area contributed by atoms with E-state index in [9.17, 15) is 4.79 Å². The van der Waals surface area contributed by atoms with Crippen LogP contribution in [0.5, 0.6) is 0 Å². The summed E-state index contributed by atoms with van der Waals surface area (Å²) in [4.78, 5) is 14.2. The Morgan fingerprint density at radius 2 is 2.32 bits per heavy atom. The first-order valence-electron chi connectivity index (χ1n) is 7.27. The number of morpholine rings is 1. The Kier molecular flexibility index (Phi) is 7.11. The van der Waals surface area contributed by atoms with Crippen LogP contribution >= 0.6 is 12.4 Å². The molecule has 2 fully saturated rings. The highest BCUT2D eigenvalue weighted by molar-refractivity contribution is 5.85. The minimum Gasteiger partial charge on any atom is -0.375 e. The van der Waals surface area contributed by atoms with E-state index in [4.69, 9.17) is 4.74 Å². The number of hydrogen-bond donors (Lipinski definition) is 1. The zero-order valence-corrected chi connectivity index (χ0v) is 12.9. The fourth-order valence-corrected chi connectivity index (χ4v) is 2.98. The first kappa shape index (κ1) is 16.7. The summed E-state index contributed by atoms with van der Waals surface area (Å²) in [6.45, 7) is 8.68. The van der Waals surface area contributed by atoms with Gasteiger partial charge in [0.25, 0.3) is 0 Å². The van der Waals surface area contributed by atoms with Crippen LogP contribution in [0.3, 0.4) is 0 Å². The minimum atomic E-state index is 0. The Balaban J connectivity index is 0.00000180. The maximum atomic E-state index is 12.2. The average molecular weight is 291 g/mol. The SMILES string of the molecule is CC1CN(C(=O)CC(C)C2CCCNC2)CCO1.Cl. The van der Waals surface area contributed by atoms with E-state index in [1.165, 1.54) is 12.8 Å². The second-order valence-corrected chi connectivity index (χ2v) is 5.81. The molecule has 0 aromatic rings. The summed E-state index contributed by atoms with van der Waals surface area (Å²) >= 11 is 0. The Bertz CT molecular complexity index is 283. The molecule has 0 aliphatic carbocycles. The van der Waals surface area contributed by atoms with Crippen LogP contribution in [0, 0.1) is 11.8 Å². The lowest BCUT2D eigenvalue weighted by Crippen LogP contribution is -2.45. The van der Waals surface area contributed by atoms with Crippen molar-refractivity contribution in [1.82, 2.24) is 10.2 Å². The second kappa shape index (κ2) is 8.08. The molecule has 0 radical (unpaired) electrons. The van der Waals surface area contributed by atoms with Gasteiger partial charge in [-0.15, -0.1) is 12.4 Å². The quantitative estimate of drug-likeness (QED) is 0.860. The molecule has 5 heteroatoms. The number of nitrogens with zero attached hydrogens (tertiary/aromatic N) is 1. The van der Waals surface area contributed by atoms with Crippen molar-refractivity contribution in [2.24, 2.45) is 11.8 Å². The van der Waals surface area contributed by atoms with E-state index >= 15 is 0 Å². The number of halogens is 1. The molecule has 2 saturated heterocycles. The summed E-state index contributed by atoms with van der Waals surface area (Å²) in [5, 5.41) is 3.43. The van der Waals surface area contributed by atoms with Gasteiger partial charge in [-0.3, -0.25) is 4.79 Å². The van der Waals surface area contributed by atoms with Crippen molar-refractivity contribution < 1.29 is 9.53 Å². The molecule has 4 nitrogen and oxygen atoms in total. The van der Waals surface area contributed by atoms with Gasteiger partial charge in [-0.2, -0.15) is 0 Å². The summed E-state index contributed by atoms with van der Waals surface area (Å²) in [5.74, 6) is 1.47. The van der Waals surface area contributed by atoms with E-state index in [0.29, 0.717) is 30.8 Å². The van der Waals surface area contributed by atoms with Crippen molar-refractivity contribution in [2.75, 3.05) is 32.8 Å². The third-order valence-corrected chi connectivity index (χ3v) is 4.23. The van der Waals surface area contributed by atoms with Crippen molar-refractivity contribution in [1.29, 1.82) is 0 Å². The number of hydrogen-bond acceptors (Lipinski definition) is 3. The topological polar surface area (TPSA) is 41.6 Å². The zero-order chi connectivity index (χ0) is 13.0. The number of rotatable bonds is 3. The van der Waals surface area contributed by atoms with Gasteiger partial charge in [0.05, 0.1) is 12.7 Å². The van der Waals surface area contributed by atoms with Crippen LogP contribution in [-0.2, 0) is 9.53 Å². The van der Waals surface area contributed by atoms with Gasteiger partial charge in [0.1, 0.15) is 0 Å². The van der Waals surface area contributed by atoms with Gasteiger partial charge in [0.2, 0.25) is 5.91 Å². The second-order valence-electron chi connectivity index (χ2n) is 5.81. The minimum absolute atomic E-state index is 0. The molecule has 2 rings (SSSR count). The van der Waals surface area contributed by atoms with Gasteiger partial charge in [-0.05, 0) is 44.7 Å². The van der Waals surface area contributed by atoms with Crippen molar-refractivity contribution in [3.63, 3.8) is 0 Å². The molecule has 2 heterocycles. The fourth-order valence-electron chi connectivity index (χ4n) is 2.98. The van der Waals surface area contributed by atoms with Crippen LogP contribution in [0.15, 0.2) is 0 Å². The summed E-state index contributed by atoms with van der Waals surface area (Å²) in [6, 6.07) is 0. The molecule has 112 valence electrons. The van der Waals surface area contributed by atoms with Crippen LogP contribution in [-0.4, -0.2) is 49.7 Å². The lowest BCUT2D eigenvalue weighted by atomic mass is 9.85. The van der Waals surface area contributed by atoms with E-state index < -0.39 is 0 Å². The molecular weight excluding hydrogens is 264 g/mol. The van der Waals surface area contributed by atoms with Crippen molar-refractivity contribution in [3.8, 4) is 0 Å². The van der Waals surface area contributed by atoms with E-state index in [1.807, 2.05) is 11.8 Å². The highest BCUT2D eigenvalue weighted by Crippen LogP contribution is 2.23. The van der Waals surface area contributed by atoms with Crippen LogP contribution in [0.25, 0.3) is 0 Å². The molecule has 0 aromatic carbocycles. The lowest BCUT2D eigenvalue weighted by Gasteiger charge is -2.33. The van der Waals surface area contributed by atoms with Crippen molar-refractivity contribution in [2.45, 2.75) is 39.2 Å². The van der Waals surface area contributed by atoms with E-state index in [-0.39, 0.29) is 18.5 Å². The Hall–Kier alpha value is -0.320. The third-order valence-electron chi connectivity index (χ3n) is 4.23. The number of piperidine rings is 1. The predicted molar refractivity (Wildman–Crippen MR) is 78.6 cm³/mol. The Labute approximate surface area is 122 Å². The van der Waals surface area contributed by atoms with Gasteiger partial charge < -0.3 is 15.0 Å². The Morgan fingerprint density at radius 1 is 1.53 bits per heavy atom.